The van der Waals surface area contributed by atoms with Crippen LogP contribution in [0.15, 0.2) is 6.07 Å². The van der Waals surface area contributed by atoms with Gasteiger partial charge in [0, 0.05) is 25.7 Å². The van der Waals surface area contributed by atoms with Crippen molar-refractivity contribution in [3.8, 4) is 0 Å². The summed E-state index contributed by atoms with van der Waals surface area (Å²) in [4.78, 5) is 16.6. The molecule has 1 unspecified atom stereocenters. The van der Waals surface area contributed by atoms with Gasteiger partial charge in [-0.1, -0.05) is 23.2 Å². The summed E-state index contributed by atoms with van der Waals surface area (Å²) < 4.78 is 1.06. The summed E-state index contributed by atoms with van der Waals surface area (Å²) in [5.41, 5.74) is 0.554. The summed E-state index contributed by atoms with van der Waals surface area (Å²) in [5.74, 6) is 0.0555. The Morgan fingerprint density at radius 1 is 1.50 bits per heavy atom. The molecule has 3 nitrogen and oxygen atoms in total. The highest BCUT2D eigenvalue weighted by molar-refractivity contribution is 7.20. The zero-order chi connectivity index (χ0) is 13.3. The van der Waals surface area contributed by atoms with Gasteiger partial charge < -0.3 is 4.90 Å². The van der Waals surface area contributed by atoms with Gasteiger partial charge >= 0.3 is 0 Å². The van der Waals surface area contributed by atoms with Gasteiger partial charge in [0.1, 0.15) is 4.34 Å². The molecular weight excluding hydrogens is 291 g/mol. The first-order valence-electron chi connectivity index (χ1n) is 5.88. The van der Waals surface area contributed by atoms with Gasteiger partial charge in [0.2, 0.25) is 0 Å². The highest BCUT2D eigenvalue weighted by atomic mass is 35.5. The van der Waals surface area contributed by atoms with E-state index in [0.29, 0.717) is 26.8 Å². The lowest BCUT2D eigenvalue weighted by atomic mass is 10.1. The summed E-state index contributed by atoms with van der Waals surface area (Å²) in [5, 5.41) is 0. The molecule has 2 heterocycles. The minimum atomic E-state index is 0.0555. The average Bonchev–Trinajstić information content (AvgIpc) is 2.63. The third-order valence-electron chi connectivity index (χ3n) is 3.37. The van der Waals surface area contributed by atoms with Crippen molar-refractivity contribution in [2.45, 2.75) is 13.0 Å². The Kier molecular flexibility index (Phi) is 4.67. The van der Waals surface area contributed by atoms with Crippen LogP contribution in [0.3, 0.4) is 0 Å². The molecule has 0 aromatic carbocycles. The van der Waals surface area contributed by atoms with Gasteiger partial charge in [-0.05, 0) is 20.0 Å². The molecular formula is C12H16Cl2N2OS. The lowest BCUT2D eigenvalue weighted by molar-refractivity contribution is 0.0786. The largest absolute Gasteiger partial charge is 0.301 e. The van der Waals surface area contributed by atoms with Crippen molar-refractivity contribution in [2.24, 2.45) is 0 Å². The van der Waals surface area contributed by atoms with Crippen molar-refractivity contribution in [3.05, 3.63) is 20.3 Å². The van der Waals surface area contributed by atoms with E-state index in [1.807, 2.05) is 0 Å². The Hall–Kier alpha value is -0.130. The Morgan fingerprint density at radius 2 is 2.22 bits per heavy atom. The number of hydrogen-bond acceptors (Lipinski definition) is 4. The number of ketones is 1. The van der Waals surface area contributed by atoms with Crippen LogP contribution in [0.25, 0.3) is 0 Å². The van der Waals surface area contributed by atoms with Crippen molar-refractivity contribution in [1.29, 1.82) is 0 Å². The predicted molar refractivity (Wildman–Crippen MR) is 77.2 cm³/mol. The van der Waals surface area contributed by atoms with Crippen LogP contribution in [-0.2, 0) is 0 Å². The number of rotatable bonds is 3. The number of likely N-dealkylation sites (N-methyl/N-ethyl adjacent to an activating group) is 1. The first-order valence-corrected chi connectivity index (χ1v) is 7.45. The first kappa shape index (κ1) is 14.3. The summed E-state index contributed by atoms with van der Waals surface area (Å²) in [6, 6.07) is 2.14. The quantitative estimate of drug-likeness (QED) is 0.802. The van der Waals surface area contributed by atoms with Crippen LogP contribution in [0.4, 0.5) is 0 Å². The monoisotopic (exact) mass is 306 g/mol. The number of thiophene rings is 1. The summed E-state index contributed by atoms with van der Waals surface area (Å²) in [7, 11) is 2.11. The van der Waals surface area contributed by atoms with Crippen LogP contribution >= 0.6 is 34.5 Å². The number of halogens is 2. The Bertz CT molecular complexity index is 449. The Labute approximate surface area is 121 Å². The normalized spacial score (nSPS) is 22.3. The van der Waals surface area contributed by atoms with Gasteiger partial charge in [0.15, 0.2) is 5.78 Å². The molecule has 2 rings (SSSR count). The maximum Gasteiger partial charge on any atom is 0.179 e. The molecule has 18 heavy (non-hydrogen) atoms. The second kappa shape index (κ2) is 5.88. The van der Waals surface area contributed by atoms with Crippen LogP contribution in [0.2, 0.25) is 8.67 Å². The highest BCUT2D eigenvalue weighted by Gasteiger charge is 2.23. The number of nitrogens with zero attached hydrogens (tertiary/aromatic N) is 2. The second-order valence-electron chi connectivity index (χ2n) is 4.73. The third kappa shape index (κ3) is 3.25. The molecule has 1 fully saturated rings. The molecule has 0 radical (unpaired) electrons. The topological polar surface area (TPSA) is 23.6 Å². The second-order valence-corrected chi connectivity index (χ2v) is 7.01. The lowest BCUT2D eigenvalue weighted by Gasteiger charge is -2.37. The minimum Gasteiger partial charge on any atom is -0.301 e. The molecule has 1 saturated heterocycles. The first-order chi connectivity index (χ1) is 8.47. The molecule has 0 saturated carbocycles. The van der Waals surface area contributed by atoms with Crippen LogP contribution in [-0.4, -0.2) is 54.9 Å². The van der Waals surface area contributed by atoms with Crippen molar-refractivity contribution in [2.75, 3.05) is 33.2 Å². The van der Waals surface area contributed by atoms with E-state index in [9.17, 15) is 4.79 Å². The van der Waals surface area contributed by atoms with E-state index < -0.39 is 0 Å². The predicted octanol–water partition coefficient (Wildman–Crippen LogP) is 2.87. The average molecular weight is 307 g/mol. The van der Waals surface area contributed by atoms with Crippen molar-refractivity contribution in [3.63, 3.8) is 0 Å². The van der Waals surface area contributed by atoms with Crippen LogP contribution in [0.5, 0.6) is 0 Å². The van der Waals surface area contributed by atoms with E-state index in [0.717, 1.165) is 19.6 Å². The van der Waals surface area contributed by atoms with E-state index in [-0.39, 0.29) is 5.78 Å². The van der Waals surface area contributed by atoms with Gasteiger partial charge in [-0.15, -0.1) is 11.3 Å². The summed E-state index contributed by atoms with van der Waals surface area (Å²) in [6.07, 6.45) is 0. The molecule has 1 aliphatic heterocycles. The van der Waals surface area contributed by atoms with E-state index in [1.165, 1.54) is 11.3 Å². The van der Waals surface area contributed by atoms with Gasteiger partial charge in [-0.2, -0.15) is 0 Å². The molecule has 0 N–H and O–H groups in total. The molecule has 0 spiro atoms. The SMILES string of the molecule is CC1CN(CC(=O)c2cc(Cl)sc2Cl)CCN1C. The number of carbonyl (C=O) groups excluding carboxylic acids is 1. The lowest BCUT2D eigenvalue weighted by Crippen LogP contribution is -2.51. The van der Waals surface area contributed by atoms with Gasteiger partial charge in [-0.3, -0.25) is 9.69 Å². The molecule has 1 aliphatic rings. The van der Waals surface area contributed by atoms with Crippen molar-refractivity contribution >= 4 is 40.3 Å². The summed E-state index contributed by atoms with van der Waals surface area (Å²) in [6.45, 7) is 5.42. The number of Topliss-reactive ketones (excluding diaryl/α,β-unsaturated/α-hetero) is 1. The molecule has 0 amide bonds. The maximum absolute atomic E-state index is 12.1. The Balaban J connectivity index is 1.98. The van der Waals surface area contributed by atoms with E-state index in [2.05, 4.69) is 23.8 Å². The van der Waals surface area contributed by atoms with E-state index >= 15 is 0 Å². The number of hydrogen-bond donors (Lipinski definition) is 0. The zero-order valence-corrected chi connectivity index (χ0v) is 12.8. The number of carbonyl (C=O) groups is 1. The van der Waals surface area contributed by atoms with E-state index in [4.69, 9.17) is 23.2 Å². The van der Waals surface area contributed by atoms with Crippen LogP contribution in [0, 0.1) is 0 Å². The molecule has 100 valence electrons. The summed E-state index contributed by atoms with van der Waals surface area (Å²) >= 11 is 13.1. The number of piperazine rings is 1. The molecule has 6 heteroatoms. The maximum atomic E-state index is 12.1. The van der Waals surface area contributed by atoms with Crippen molar-refractivity contribution < 1.29 is 4.79 Å². The van der Waals surface area contributed by atoms with Crippen LogP contribution in [0.1, 0.15) is 17.3 Å². The molecule has 0 bridgehead atoms. The van der Waals surface area contributed by atoms with Gasteiger partial charge in [0.25, 0.3) is 0 Å². The standard InChI is InChI=1S/C12H16Cl2N2OS/c1-8-6-16(4-3-15(8)2)7-10(17)9-5-11(13)18-12(9)14/h5,8H,3-4,6-7H2,1-2H3. The van der Waals surface area contributed by atoms with Crippen LogP contribution < -0.4 is 0 Å². The van der Waals surface area contributed by atoms with Gasteiger partial charge in [-0.25, -0.2) is 0 Å². The fraction of sp³-hybridized carbons (Fsp3) is 0.583. The highest BCUT2D eigenvalue weighted by Crippen LogP contribution is 2.31. The van der Waals surface area contributed by atoms with Crippen molar-refractivity contribution in [1.82, 2.24) is 9.80 Å². The minimum absolute atomic E-state index is 0.0555. The van der Waals surface area contributed by atoms with Gasteiger partial charge in [0.05, 0.1) is 16.4 Å². The molecule has 1 atom stereocenters. The fourth-order valence-electron chi connectivity index (χ4n) is 2.09. The molecule has 0 aliphatic carbocycles. The zero-order valence-electron chi connectivity index (χ0n) is 10.4. The Morgan fingerprint density at radius 3 is 2.78 bits per heavy atom. The molecule has 1 aromatic heterocycles. The fourth-order valence-corrected chi connectivity index (χ4v) is 3.59. The third-order valence-corrected chi connectivity index (χ3v) is 4.86. The smallest absolute Gasteiger partial charge is 0.179 e. The van der Waals surface area contributed by atoms with E-state index in [1.54, 1.807) is 6.07 Å². The molecule has 1 aromatic rings.